The van der Waals surface area contributed by atoms with Gasteiger partial charge in [0, 0.05) is 25.8 Å². The van der Waals surface area contributed by atoms with E-state index >= 15 is 0 Å². The SMILES string of the molecule is COCCOC(=O)N1CCc2[nH]cnc2C1c1ccccc1. The van der Waals surface area contributed by atoms with Crippen LogP contribution in [0, 0.1) is 0 Å². The molecule has 1 aliphatic rings. The van der Waals surface area contributed by atoms with Crippen molar-refractivity contribution in [3.63, 3.8) is 0 Å². The summed E-state index contributed by atoms with van der Waals surface area (Å²) in [6.45, 7) is 1.24. The largest absolute Gasteiger partial charge is 0.447 e. The van der Waals surface area contributed by atoms with E-state index in [0.717, 1.165) is 23.4 Å². The highest BCUT2D eigenvalue weighted by Gasteiger charge is 2.34. The van der Waals surface area contributed by atoms with Gasteiger partial charge in [0.15, 0.2) is 0 Å². The highest BCUT2D eigenvalue weighted by atomic mass is 16.6. The van der Waals surface area contributed by atoms with Gasteiger partial charge in [-0.2, -0.15) is 0 Å². The fourth-order valence-electron chi connectivity index (χ4n) is 2.74. The maximum Gasteiger partial charge on any atom is 0.410 e. The second kappa shape index (κ2) is 6.62. The molecule has 6 nitrogen and oxygen atoms in total. The van der Waals surface area contributed by atoms with Crippen LogP contribution in [0.4, 0.5) is 4.79 Å². The lowest BCUT2D eigenvalue weighted by atomic mass is 9.96. The Kier molecular flexibility index (Phi) is 4.39. The number of nitrogens with one attached hydrogen (secondary N) is 1. The van der Waals surface area contributed by atoms with Crippen molar-refractivity contribution >= 4 is 6.09 Å². The van der Waals surface area contributed by atoms with Crippen LogP contribution < -0.4 is 0 Å². The molecule has 1 unspecified atom stereocenters. The number of nitrogens with zero attached hydrogens (tertiary/aromatic N) is 2. The van der Waals surface area contributed by atoms with Crippen LogP contribution in [0.1, 0.15) is 23.0 Å². The molecule has 0 spiro atoms. The van der Waals surface area contributed by atoms with E-state index in [1.54, 1.807) is 18.3 Å². The van der Waals surface area contributed by atoms with Crippen LogP contribution >= 0.6 is 0 Å². The predicted octanol–water partition coefficient (Wildman–Crippen LogP) is 2.14. The third-order valence-corrected chi connectivity index (χ3v) is 3.79. The van der Waals surface area contributed by atoms with Gasteiger partial charge in [0.1, 0.15) is 12.6 Å². The van der Waals surface area contributed by atoms with Gasteiger partial charge >= 0.3 is 6.09 Å². The number of hydrogen-bond donors (Lipinski definition) is 1. The summed E-state index contributed by atoms with van der Waals surface area (Å²) in [6.07, 6.45) is 2.10. The lowest BCUT2D eigenvalue weighted by molar-refractivity contribution is 0.0628. The Balaban J connectivity index is 1.87. The molecule has 1 amide bonds. The first kappa shape index (κ1) is 14.6. The summed E-state index contributed by atoms with van der Waals surface area (Å²) in [5, 5.41) is 0. The van der Waals surface area contributed by atoms with Gasteiger partial charge in [0.25, 0.3) is 0 Å². The maximum atomic E-state index is 12.4. The molecule has 1 aliphatic heterocycles. The Bertz CT molecular complexity index is 627. The van der Waals surface area contributed by atoms with Gasteiger partial charge in [-0.05, 0) is 5.56 Å². The molecular formula is C16H19N3O3. The van der Waals surface area contributed by atoms with Crippen LogP contribution in [-0.2, 0) is 15.9 Å². The monoisotopic (exact) mass is 301 g/mol. The van der Waals surface area contributed by atoms with E-state index in [1.165, 1.54) is 0 Å². The summed E-state index contributed by atoms with van der Waals surface area (Å²) in [7, 11) is 1.58. The number of imidazole rings is 1. The average molecular weight is 301 g/mol. The number of carbonyl (C=O) groups excluding carboxylic acids is 1. The summed E-state index contributed by atoms with van der Waals surface area (Å²) >= 11 is 0. The molecule has 0 bridgehead atoms. The molecule has 1 atom stereocenters. The zero-order chi connectivity index (χ0) is 15.4. The molecule has 0 fully saturated rings. The second-order valence-electron chi connectivity index (χ2n) is 5.13. The molecule has 116 valence electrons. The van der Waals surface area contributed by atoms with Gasteiger partial charge in [-0.15, -0.1) is 0 Å². The molecule has 0 saturated carbocycles. The highest BCUT2D eigenvalue weighted by Crippen LogP contribution is 2.33. The molecule has 1 aromatic heterocycles. The van der Waals surface area contributed by atoms with E-state index in [1.807, 2.05) is 30.3 Å². The average Bonchev–Trinajstić information content (AvgIpc) is 3.03. The number of carbonyl (C=O) groups is 1. The van der Waals surface area contributed by atoms with E-state index in [2.05, 4.69) is 9.97 Å². The lowest BCUT2D eigenvalue weighted by Crippen LogP contribution is -2.41. The van der Waals surface area contributed by atoms with Gasteiger partial charge in [0.05, 0.1) is 18.6 Å². The first-order valence-corrected chi connectivity index (χ1v) is 7.30. The minimum Gasteiger partial charge on any atom is -0.447 e. The van der Waals surface area contributed by atoms with Crippen molar-refractivity contribution in [1.82, 2.24) is 14.9 Å². The Hall–Kier alpha value is -2.34. The Morgan fingerprint density at radius 3 is 2.95 bits per heavy atom. The van der Waals surface area contributed by atoms with E-state index in [4.69, 9.17) is 9.47 Å². The topological polar surface area (TPSA) is 67.5 Å². The van der Waals surface area contributed by atoms with Crippen LogP contribution in [0.25, 0.3) is 0 Å². The molecule has 6 heteroatoms. The predicted molar refractivity (Wildman–Crippen MR) is 80.5 cm³/mol. The van der Waals surface area contributed by atoms with Crippen molar-refractivity contribution < 1.29 is 14.3 Å². The number of aromatic nitrogens is 2. The van der Waals surface area contributed by atoms with Crippen molar-refractivity contribution in [3.05, 3.63) is 53.6 Å². The Morgan fingerprint density at radius 1 is 1.36 bits per heavy atom. The normalized spacial score (nSPS) is 17.1. The zero-order valence-electron chi connectivity index (χ0n) is 12.5. The number of rotatable bonds is 4. The lowest BCUT2D eigenvalue weighted by Gasteiger charge is -2.34. The van der Waals surface area contributed by atoms with Crippen molar-refractivity contribution in [2.75, 3.05) is 26.9 Å². The summed E-state index contributed by atoms with van der Waals surface area (Å²) < 4.78 is 10.2. The van der Waals surface area contributed by atoms with Gasteiger partial charge in [-0.25, -0.2) is 9.78 Å². The smallest absolute Gasteiger partial charge is 0.410 e. The van der Waals surface area contributed by atoms with Crippen LogP contribution in [0.2, 0.25) is 0 Å². The number of ether oxygens (including phenoxy) is 2. The van der Waals surface area contributed by atoms with Crippen LogP contribution in [0.3, 0.4) is 0 Å². The molecule has 3 rings (SSSR count). The summed E-state index contributed by atoms with van der Waals surface area (Å²) in [4.78, 5) is 21.7. The van der Waals surface area contributed by atoms with Gasteiger partial charge in [-0.1, -0.05) is 30.3 Å². The van der Waals surface area contributed by atoms with Crippen LogP contribution in [-0.4, -0.2) is 47.8 Å². The molecular weight excluding hydrogens is 282 g/mol. The number of methoxy groups -OCH3 is 1. The van der Waals surface area contributed by atoms with Crippen molar-refractivity contribution in [2.24, 2.45) is 0 Å². The van der Waals surface area contributed by atoms with Crippen molar-refractivity contribution in [3.8, 4) is 0 Å². The zero-order valence-corrected chi connectivity index (χ0v) is 12.5. The number of H-pyrrole nitrogens is 1. The molecule has 0 saturated heterocycles. The van der Waals surface area contributed by atoms with Crippen LogP contribution in [0.5, 0.6) is 0 Å². The summed E-state index contributed by atoms with van der Waals surface area (Å²) in [6, 6.07) is 9.67. The number of amides is 1. The van der Waals surface area contributed by atoms with Crippen LogP contribution in [0.15, 0.2) is 36.7 Å². The third kappa shape index (κ3) is 2.82. The molecule has 2 heterocycles. The van der Waals surface area contributed by atoms with E-state index < -0.39 is 0 Å². The molecule has 2 aromatic rings. The minimum absolute atomic E-state index is 0.216. The highest BCUT2D eigenvalue weighted by molar-refractivity contribution is 5.69. The van der Waals surface area contributed by atoms with E-state index in [0.29, 0.717) is 13.2 Å². The quantitative estimate of drug-likeness (QED) is 0.879. The van der Waals surface area contributed by atoms with Crippen molar-refractivity contribution in [2.45, 2.75) is 12.5 Å². The first-order valence-electron chi connectivity index (χ1n) is 7.30. The van der Waals surface area contributed by atoms with Crippen molar-refractivity contribution in [1.29, 1.82) is 0 Å². The van der Waals surface area contributed by atoms with Gasteiger partial charge in [-0.3, -0.25) is 4.90 Å². The fourth-order valence-corrected chi connectivity index (χ4v) is 2.74. The summed E-state index contributed by atoms with van der Waals surface area (Å²) in [5.41, 5.74) is 3.00. The number of benzene rings is 1. The van der Waals surface area contributed by atoms with Gasteiger partial charge in [0.2, 0.25) is 0 Å². The Morgan fingerprint density at radius 2 is 2.18 bits per heavy atom. The van der Waals surface area contributed by atoms with E-state index in [-0.39, 0.29) is 18.7 Å². The molecule has 1 N–H and O–H groups in total. The molecule has 1 aromatic carbocycles. The molecule has 22 heavy (non-hydrogen) atoms. The standard InChI is InChI=1S/C16H19N3O3/c1-21-9-10-22-16(20)19-8-7-13-14(18-11-17-13)15(19)12-5-3-2-4-6-12/h2-6,11,15H,7-10H2,1H3,(H,17,18). The number of hydrogen-bond acceptors (Lipinski definition) is 4. The van der Waals surface area contributed by atoms with Gasteiger partial charge < -0.3 is 14.5 Å². The Labute approximate surface area is 129 Å². The first-order chi connectivity index (χ1) is 10.8. The fraction of sp³-hybridized carbons (Fsp3) is 0.375. The third-order valence-electron chi connectivity index (χ3n) is 3.79. The second-order valence-corrected chi connectivity index (χ2v) is 5.13. The summed E-state index contributed by atoms with van der Waals surface area (Å²) in [5.74, 6) is 0. The van der Waals surface area contributed by atoms with E-state index in [9.17, 15) is 4.79 Å². The molecule has 0 aliphatic carbocycles. The molecule has 0 radical (unpaired) electrons. The maximum absolute atomic E-state index is 12.4. The minimum atomic E-state index is -0.334. The number of aromatic amines is 1. The number of fused-ring (bicyclic) bond motifs is 1.